The lowest BCUT2D eigenvalue weighted by Crippen LogP contribution is -2.37. The molecule has 7 heteroatoms. The molecule has 3 N–H and O–H groups in total. The maximum atomic E-state index is 6.03. The normalized spacial score (nSPS) is 15.4. The number of likely N-dealkylation sites (tertiary alicyclic amines) is 1. The number of aliphatic imine (C=N–C) groups is 1. The summed E-state index contributed by atoms with van der Waals surface area (Å²) < 4.78 is 0. The van der Waals surface area contributed by atoms with Crippen LogP contribution in [0.4, 0.5) is 0 Å². The van der Waals surface area contributed by atoms with Crippen LogP contribution in [-0.2, 0) is 6.42 Å². The van der Waals surface area contributed by atoms with E-state index in [1.165, 1.54) is 0 Å². The van der Waals surface area contributed by atoms with E-state index in [2.05, 4.69) is 15.3 Å². The van der Waals surface area contributed by atoms with Crippen molar-refractivity contribution < 1.29 is 0 Å². The Kier molecular flexibility index (Phi) is 5.55. The Morgan fingerprint density at radius 1 is 1.50 bits per heavy atom. The quantitative estimate of drug-likeness (QED) is 0.504. The first-order valence-electron chi connectivity index (χ1n) is 6.63. The average molecular weight is 312 g/mol. The third-order valence-corrected chi connectivity index (χ3v) is 3.70. The van der Waals surface area contributed by atoms with Gasteiger partial charge in [0.15, 0.2) is 11.1 Å². The second-order valence-electron chi connectivity index (χ2n) is 4.58. The van der Waals surface area contributed by atoms with Gasteiger partial charge in [0.25, 0.3) is 0 Å². The second kappa shape index (κ2) is 7.40. The molecule has 0 atom stereocenters. The molecular formula is C13H18ClN5S. The number of rotatable bonds is 3. The molecule has 5 nitrogen and oxygen atoms in total. The molecule has 0 spiro atoms. The van der Waals surface area contributed by atoms with Crippen molar-refractivity contribution in [3.05, 3.63) is 29.0 Å². The first-order chi connectivity index (χ1) is 9.66. The summed E-state index contributed by atoms with van der Waals surface area (Å²) in [7, 11) is 0. The zero-order chi connectivity index (χ0) is 14.4. The van der Waals surface area contributed by atoms with Crippen molar-refractivity contribution in [2.75, 3.05) is 19.6 Å². The number of aromatic nitrogens is 1. The maximum absolute atomic E-state index is 6.03. The van der Waals surface area contributed by atoms with E-state index in [9.17, 15) is 0 Å². The van der Waals surface area contributed by atoms with Crippen LogP contribution in [0, 0.1) is 0 Å². The first-order valence-corrected chi connectivity index (χ1v) is 7.42. The van der Waals surface area contributed by atoms with Crippen molar-refractivity contribution in [2.45, 2.75) is 19.3 Å². The second-order valence-corrected chi connectivity index (χ2v) is 5.37. The number of nitrogens with zero attached hydrogens (tertiary/aromatic N) is 3. The molecule has 108 valence electrons. The van der Waals surface area contributed by atoms with Crippen molar-refractivity contribution in [1.82, 2.24) is 15.2 Å². The molecule has 0 aromatic carbocycles. The van der Waals surface area contributed by atoms with Crippen LogP contribution in [0.5, 0.6) is 0 Å². The lowest BCUT2D eigenvalue weighted by molar-refractivity contribution is 0.514. The van der Waals surface area contributed by atoms with Gasteiger partial charge < -0.3 is 16.0 Å². The molecule has 1 aromatic rings. The molecule has 2 rings (SSSR count). The van der Waals surface area contributed by atoms with Crippen LogP contribution in [0.25, 0.3) is 0 Å². The zero-order valence-corrected chi connectivity index (χ0v) is 12.8. The third-order valence-electron chi connectivity index (χ3n) is 3.12. The van der Waals surface area contributed by atoms with Gasteiger partial charge in [-0.15, -0.1) is 0 Å². The molecule has 0 unspecified atom stereocenters. The summed E-state index contributed by atoms with van der Waals surface area (Å²) in [4.78, 5) is 10.5. The van der Waals surface area contributed by atoms with E-state index in [4.69, 9.17) is 29.6 Å². The fourth-order valence-corrected chi connectivity index (χ4v) is 2.46. The van der Waals surface area contributed by atoms with Gasteiger partial charge in [0, 0.05) is 32.3 Å². The van der Waals surface area contributed by atoms with Crippen LogP contribution in [0.3, 0.4) is 0 Å². The standard InChI is InChI=1S/C13H18ClN5S/c14-10-4-3-6-16-11(10)5-7-17-13(20)18-12(15)19-8-1-2-9-19/h3-4,6H,1-2,5,7-9H2,(H3,15,17,18,20). The van der Waals surface area contributed by atoms with Gasteiger partial charge in [-0.2, -0.15) is 4.99 Å². The Hall–Kier alpha value is -1.40. The number of pyridine rings is 1. The minimum Gasteiger partial charge on any atom is -0.369 e. The molecule has 1 aliphatic heterocycles. The van der Waals surface area contributed by atoms with E-state index < -0.39 is 0 Å². The zero-order valence-electron chi connectivity index (χ0n) is 11.2. The maximum Gasteiger partial charge on any atom is 0.198 e. The van der Waals surface area contributed by atoms with E-state index >= 15 is 0 Å². The monoisotopic (exact) mass is 311 g/mol. The summed E-state index contributed by atoms with van der Waals surface area (Å²) in [5, 5.41) is 4.12. The smallest absolute Gasteiger partial charge is 0.198 e. The van der Waals surface area contributed by atoms with E-state index in [0.717, 1.165) is 31.6 Å². The molecule has 0 amide bonds. The van der Waals surface area contributed by atoms with Gasteiger partial charge in [-0.25, -0.2) is 0 Å². The first kappa shape index (κ1) is 15.0. The van der Waals surface area contributed by atoms with Crippen molar-refractivity contribution >= 4 is 34.9 Å². The molecule has 1 aliphatic rings. The van der Waals surface area contributed by atoms with Crippen LogP contribution >= 0.6 is 23.8 Å². The van der Waals surface area contributed by atoms with Gasteiger partial charge in [-0.05, 0) is 37.2 Å². The molecule has 1 aromatic heterocycles. The fourth-order valence-electron chi connectivity index (χ4n) is 2.05. The van der Waals surface area contributed by atoms with Crippen LogP contribution in [0.15, 0.2) is 23.3 Å². The lowest BCUT2D eigenvalue weighted by atomic mass is 10.3. The fraction of sp³-hybridized carbons (Fsp3) is 0.462. The highest BCUT2D eigenvalue weighted by molar-refractivity contribution is 7.80. The highest BCUT2D eigenvalue weighted by atomic mass is 35.5. The Balaban J connectivity index is 1.78. The largest absolute Gasteiger partial charge is 0.369 e. The summed E-state index contributed by atoms with van der Waals surface area (Å²) >= 11 is 11.2. The van der Waals surface area contributed by atoms with Crippen molar-refractivity contribution in [1.29, 1.82) is 0 Å². The third kappa shape index (κ3) is 4.31. The number of nitrogens with one attached hydrogen (secondary N) is 1. The van der Waals surface area contributed by atoms with Gasteiger partial charge in [-0.3, -0.25) is 4.98 Å². The molecule has 0 saturated carbocycles. The molecule has 0 bridgehead atoms. The Morgan fingerprint density at radius 2 is 2.25 bits per heavy atom. The highest BCUT2D eigenvalue weighted by Gasteiger charge is 2.13. The summed E-state index contributed by atoms with van der Waals surface area (Å²) in [6.45, 7) is 2.55. The number of guanidine groups is 1. The SMILES string of the molecule is NC(=NC(=S)NCCc1ncccc1Cl)N1CCCC1. The van der Waals surface area contributed by atoms with Gasteiger partial charge in [0.2, 0.25) is 0 Å². The predicted molar refractivity (Wildman–Crippen MR) is 86.0 cm³/mol. The minimum absolute atomic E-state index is 0.404. The summed E-state index contributed by atoms with van der Waals surface area (Å²) in [5.74, 6) is 0.496. The summed E-state index contributed by atoms with van der Waals surface area (Å²) in [6.07, 6.45) is 4.74. The lowest BCUT2D eigenvalue weighted by Gasteiger charge is -2.16. The molecule has 20 heavy (non-hydrogen) atoms. The Bertz CT molecular complexity index is 499. The summed E-state index contributed by atoms with van der Waals surface area (Å²) in [6, 6.07) is 3.64. The van der Waals surface area contributed by atoms with Crippen LogP contribution in [0.1, 0.15) is 18.5 Å². The van der Waals surface area contributed by atoms with Crippen LogP contribution < -0.4 is 11.1 Å². The van der Waals surface area contributed by atoms with Gasteiger partial charge in [-0.1, -0.05) is 11.6 Å². The Morgan fingerprint density at radius 3 is 2.95 bits per heavy atom. The van der Waals surface area contributed by atoms with Crippen molar-refractivity contribution in [3.63, 3.8) is 0 Å². The van der Waals surface area contributed by atoms with Crippen molar-refractivity contribution in [2.24, 2.45) is 10.7 Å². The molecule has 1 saturated heterocycles. The summed E-state index contributed by atoms with van der Waals surface area (Å²) in [5.41, 5.74) is 6.75. The molecule has 0 radical (unpaired) electrons. The van der Waals surface area contributed by atoms with E-state index in [1.807, 2.05) is 17.0 Å². The Labute approximate surface area is 129 Å². The van der Waals surface area contributed by atoms with Gasteiger partial charge in [0.1, 0.15) is 0 Å². The topological polar surface area (TPSA) is 66.5 Å². The van der Waals surface area contributed by atoms with Crippen molar-refractivity contribution in [3.8, 4) is 0 Å². The molecular weight excluding hydrogens is 294 g/mol. The van der Waals surface area contributed by atoms with E-state index in [1.54, 1.807) is 6.20 Å². The molecule has 1 fully saturated rings. The number of nitrogens with two attached hydrogens (primary N) is 1. The average Bonchev–Trinajstić information content (AvgIpc) is 2.95. The van der Waals surface area contributed by atoms with E-state index in [-0.39, 0.29) is 0 Å². The van der Waals surface area contributed by atoms with Gasteiger partial charge in [0.05, 0.1) is 10.7 Å². The van der Waals surface area contributed by atoms with E-state index in [0.29, 0.717) is 29.1 Å². The number of hydrogen-bond donors (Lipinski definition) is 2. The van der Waals surface area contributed by atoms with Crippen LogP contribution in [0.2, 0.25) is 5.02 Å². The van der Waals surface area contributed by atoms with Gasteiger partial charge >= 0.3 is 0 Å². The number of hydrogen-bond acceptors (Lipinski definition) is 2. The highest BCUT2D eigenvalue weighted by Crippen LogP contribution is 2.12. The molecule has 2 heterocycles. The predicted octanol–water partition coefficient (Wildman–Crippen LogP) is 1.56. The number of thiocarbonyl (C=S) groups is 1. The minimum atomic E-state index is 0.404. The number of halogens is 1. The van der Waals surface area contributed by atoms with Crippen LogP contribution in [-0.4, -0.2) is 40.6 Å². The molecule has 0 aliphatic carbocycles.